The van der Waals surface area contributed by atoms with Gasteiger partial charge in [0.25, 0.3) is 0 Å². The molecule has 16 heavy (non-hydrogen) atoms. The van der Waals surface area contributed by atoms with Crippen molar-refractivity contribution < 1.29 is 9.53 Å². The molecule has 0 aromatic carbocycles. The second-order valence-corrected chi connectivity index (χ2v) is 5.12. The third-order valence-corrected chi connectivity index (χ3v) is 2.42. The van der Waals surface area contributed by atoms with E-state index in [9.17, 15) is 4.79 Å². The van der Waals surface area contributed by atoms with Crippen LogP contribution in [0.15, 0.2) is 18.3 Å². The molecule has 1 heterocycles. The number of carbonyl (C=O) groups excluding carboxylic acids is 1. The van der Waals surface area contributed by atoms with Crippen LogP contribution in [-0.4, -0.2) is 17.1 Å². The second-order valence-electron chi connectivity index (χ2n) is 5.12. The fourth-order valence-corrected chi connectivity index (χ4v) is 1.46. The van der Waals surface area contributed by atoms with Gasteiger partial charge in [0.15, 0.2) is 0 Å². The number of hydrogen-bond donors (Lipinski definition) is 0. The number of nitrogens with zero attached hydrogens (tertiary/aromatic N) is 1. The maximum absolute atomic E-state index is 11.6. The minimum Gasteiger partial charge on any atom is -0.461 e. The predicted molar refractivity (Wildman–Crippen MR) is 64.5 cm³/mol. The lowest BCUT2D eigenvalue weighted by molar-refractivity contribution is 0.0513. The summed E-state index contributed by atoms with van der Waals surface area (Å²) in [5.41, 5.74) is 0.919. The molecule has 0 atom stereocenters. The van der Waals surface area contributed by atoms with E-state index in [0.29, 0.717) is 12.3 Å². The minimum absolute atomic E-state index is 0.235. The number of esters is 1. The Kier molecular flexibility index (Phi) is 4.16. The number of carbonyl (C=O) groups is 1. The van der Waals surface area contributed by atoms with Crippen molar-refractivity contribution in [1.29, 1.82) is 0 Å². The van der Waals surface area contributed by atoms with Crippen molar-refractivity contribution in [3.63, 3.8) is 0 Å². The molecular weight excluding hydrogens is 202 g/mol. The van der Waals surface area contributed by atoms with Gasteiger partial charge in [0.2, 0.25) is 0 Å². The van der Waals surface area contributed by atoms with Crippen LogP contribution in [0.5, 0.6) is 0 Å². The first-order chi connectivity index (χ1) is 7.44. The van der Waals surface area contributed by atoms with Gasteiger partial charge in [-0.05, 0) is 30.9 Å². The number of rotatable bonds is 4. The number of aryl methyl sites for hydroxylation is 1. The summed E-state index contributed by atoms with van der Waals surface area (Å²) in [5, 5.41) is 0. The number of aromatic nitrogens is 1. The highest BCUT2D eigenvalue weighted by molar-refractivity contribution is 5.87. The zero-order valence-corrected chi connectivity index (χ0v) is 10.6. The van der Waals surface area contributed by atoms with Crippen molar-refractivity contribution in [3.05, 3.63) is 24.0 Å². The van der Waals surface area contributed by atoms with Crippen LogP contribution in [0.1, 0.15) is 44.6 Å². The predicted octanol–water partition coefficient (Wildman–Crippen LogP) is 3.10. The Balaban J connectivity index is 2.67. The molecule has 0 saturated carbocycles. The molecule has 90 valence electrons. The lowest BCUT2D eigenvalue weighted by Crippen LogP contribution is -2.15. The molecule has 3 nitrogen and oxygen atoms in total. The summed E-state index contributed by atoms with van der Waals surface area (Å²) in [6.07, 6.45) is 2.96. The molecule has 0 spiro atoms. The quantitative estimate of drug-likeness (QED) is 0.734. The second kappa shape index (κ2) is 5.19. The van der Waals surface area contributed by atoms with Crippen molar-refractivity contribution in [2.45, 2.75) is 40.7 Å². The van der Waals surface area contributed by atoms with E-state index in [2.05, 4.69) is 20.8 Å². The topological polar surface area (TPSA) is 31.2 Å². The largest absolute Gasteiger partial charge is 0.461 e. The van der Waals surface area contributed by atoms with Gasteiger partial charge < -0.3 is 9.30 Å². The maximum Gasteiger partial charge on any atom is 0.354 e. The van der Waals surface area contributed by atoms with E-state index in [1.165, 1.54) is 0 Å². The third-order valence-electron chi connectivity index (χ3n) is 2.42. The van der Waals surface area contributed by atoms with E-state index < -0.39 is 0 Å². The average molecular weight is 223 g/mol. The molecule has 1 aromatic rings. The van der Waals surface area contributed by atoms with E-state index in [1.807, 2.05) is 23.8 Å². The van der Waals surface area contributed by atoms with E-state index in [-0.39, 0.29) is 11.4 Å². The van der Waals surface area contributed by atoms with Crippen molar-refractivity contribution in [2.75, 3.05) is 6.61 Å². The highest BCUT2D eigenvalue weighted by Crippen LogP contribution is 2.20. The monoisotopic (exact) mass is 223 g/mol. The number of ether oxygens (including phenoxy) is 1. The molecule has 1 aromatic heterocycles. The molecular formula is C13H21NO2. The molecule has 0 bridgehead atoms. The highest BCUT2D eigenvalue weighted by Gasteiger charge is 2.14. The first-order valence-electron chi connectivity index (χ1n) is 5.76. The van der Waals surface area contributed by atoms with Crippen LogP contribution in [0.3, 0.4) is 0 Å². The van der Waals surface area contributed by atoms with Crippen LogP contribution in [0, 0.1) is 5.41 Å². The lowest BCUT2D eigenvalue weighted by Gasteiger charge is -2.19. The first kappa shape index (κ1) is 12.8. The zero-order valence-electron chi connectivity index (χ0n) is 10.6. The van der Waals surface area contributed by atoms with Crippen LogP contribution in [-0.2, 0) is 11.3 Å². The summed E-state index contributed by atoms with van der Waals surface area (Å²) in [7, 11) is 0. The lowest BCUT2D eigenvalue weighted by atomic mass is 9.92. The zero-order chi connectivity index (χ0) is 12.2. The molecule has 0 aliphatic rings. The summed E-state index contributed by atoms with van der Waals surface area (Å²) in [6, 6.07) is 3.69. The Morgan fingerprint density at radius 3 is 2.69 bits per heavy atom. The van der Waals surface area contributed by atoms with Gasteiger partial charge in [-0.25, -0.2) is 4.79 Å². The van der Waals surface area contributed by atoms with Gasteiger partial charge in [-0.1, -0.05) is 20.8 Å². The van der Waals surface area contributed by atoms with Crippen LogP contribution in [0.25, 0.3) is 0 Å². The summed E-state index contributed by atoms with van der Waals surface area (Å²) in [5.74, 6) is -0.235. The van der Waals surface area contributed by atoms with Crippen LogP contribution in [0.2, 0.25) is 0 Å². The summed E-state index contributed by atoms with van der Waals surface area (Å²) in [4.78, 5) is 11.6. The van der Waals surface area contributed by atoms with Gasteiger partial charge in [-0.15, -0.1) is 0 Å². The molecule has 0 unspecified atom stereocenters. The molecule has 0 radical (unpaired) electrons. The summed E-state index contributed by atoms with van der Waals surface area (Å²) < 4.78 is 6.96. The van der Waals surface area contributed by atoms with Crippen LogP contribution >= 0.6 is 0 Å². The molecule has 0 N–H and O–H groups in total. The molecule has 0 saturated heterocycles. The standard InChI is InChI=1S/C13H21NO2/c1-5-16-12(15)11-7-6-9-14(11)10-8-13(2,3)4/h6-7,9H,5,8,10H2,1-4H3. The fourth-order valence-electron chi connectivity index (χ4n) is 1.46. The van der Waals surface area contributed by atoms with Gasteiger partial charge in [0, 0.05) is 12.7 Å². The van der Waals surface area contributed by atoms with E-state index in [1.54, 1.807) is 6.07 Å². The SMILES string of the molecule is CCOC(=O)c1cccn1CCC(C)(C)C. The Morgan fingerprint density at radius 1 is 1.44 bits per heavy atom. The summed E-state index contributed by atoms with van der Waals surface area (Å²) >= 11 is 0. The molecule has 0 aliphatic heterocycles. The normalized spacial score (nSPS) is 11.5. The van der Waals surface area contributed by atoms with Crippen molar-refractivity contribution in [1.82, 2.24) is 4.57 Å². The van der Waals surface area contributed by atoms with Gasteiger partial charge in [0.1, 0.15) is 5.69 Å². The Hall–Kier alpha value is -1.25. The van der Waals surface area contributed by atoms with Gasteiger partial charge in [-0.3, -0.25) is 0 Å². The van der Waals surface area contributed by atoms with Gasteiger partial charge in [-0.2, -0.15) is 0 Å². The van der Waals surface area contributed by atoms with Crippen LogP contribution in [0.4, 0.5) is 0 Å². The van der Waals surface area contributed by atoms with Crippen molar-refractivity contribution in [2.24, 2.45) is 5.41 Å². The van der Waals surface area contributed by atoms with Crippen molar-refractivity contribution in [3.8, 4) is 0 Å². The maximum atomic E-state index is 11.6. The molecule has 0 aliphatic carbocycles. The molecule has 0 fully saturated rings. The van der Waals surface area contributed by atoms with E-state index in [4.69, 9.17) is 4.74 Å². The van der Waals surface area contributed by atoms with Gasteiger partial charge >= 0.3 is 5.97 Å². The van der Waals surface area contributed by atoms with Crippen LogP contribution < -0.4 is 0 Å². The molecule has 1 rings (SSSR count). The van der Waals surface area contributed by atoms with E-state index >= 15 is 0 Å². The Labute approximate surface area is 97.4 Å². The van der Waals surface area contributed by atoms with E-state index in [0.717, 1.165) is 13.0 Å². The smallest absolute Gasteiger partial charge is 0.354 e. The summed E-state index contributed by atoms with van der Waals surface area (Å²) in [6.45, 7) is 9.68. The first-order valence-corrected chi connectivity index (χ1v) is 5.76. The fraction of sp³-hybridized carbons (Fsp3) is 0.615. The highest BCUT2D eigenvalue weighted by atomic mass is 16.5. The van der Waals surface area contributed by atoms with Crippen molar-refractivity contribution >= 4 is 5.97 Å². The number of hydrogen-bond acceptors (Lipinski definition) is 2. The Morgan fingerprint density at radius 2 is 2.12 bits per heavy atom. The third kappa shape index (κ3) is 3.72. The average Bonchev–Trinajstić information content (AvgIpc) is 2.61. The molecule has 3 heteroatoms. The molecule has 0 amide bonds. The minimum atomic E-state index is -0.235. The van der Waals surface area contributed by atoms with Gasteiger partial charge in [0.05, 0.1) is 6.61 Å². The Bertz CT molecular complexity index is 347.